The molecule has 4 nitrogen and oxygen atoms in total. The maximum absolute atomic E-state index is 12.5. The van der Waals surface area contributed by atoms with Crippen molar-refractivity contribution in [3.8, 4) is 0 Å². The van der Waals surface area contributed by atoms with Crippen molar-refractivity contribution in [1.29, 1.82) is 0 Å². The topological polar surface area (TPSA) is 59.2 Å². The van der Waals surface area contributed by atoms with Crippen molar-refractivity contribution in [2.45, 2.75) is 59.5 Å². The highest BCUT2D eigenvalue weighted by Gasteiger charge is 2.22. The summed E-state index contributed by atoms with van der Waals surface area (Å²) in [6.45, 7) is 9.76. The van der Waals surface area contributed by atoms with Gasteiger partial charge in [-0.1, -0.05) is 19.9 Å². The molecule has 118 valence electrons. The van der Waals surface area contributed by atoms with Crippen LogP contribution in [0.2, 0.25) is 0 Å². The average molecular weight is 291 g/mol. The quantitative estimate of drug-likeness (QED) is 0.801. The number of hydrogen-bond acceptors (Lipinski definition) is 3. The number of nitrogens with zero attached hydrogens (tertiary/aromatic N) is 2. The van der Waals surface area contributed by atoms with Gasteiger partial charge in [0, 0.05) is 31.4 Å². The van der Waals surface area contributed by atoms with Crippen LogP contribution in [-0.4, -0.2) is 28.4 Å². The molecule has 0 aromatic carbocycles. The predicted molar refractivity (Wildman–Crippen MR) is 86.6 cm³/mol. The Balaban J connectivity index is 2.62. The Morgan fingerprint density at radius 3 is 2.62 bits per heavy atom. The van der Waals surface area contributed by atoms with Crippen LogP contribution >= 0.6 is 0 Å². The Hall–Kier alpha value is -1.42. The van der Waals surface area contributed by atoms with Crippen LogP contribution in [0.4, 0.5) is 0 Å². The Kier molecular flexibility index (Phi) is 6.82. The first-order valence-corrected chi connectivity index (χ1v) is 7.74. The lowest BCUT2D eigenvalue weighted by Gasteiger charge is -2.29. The molecule has 1 aromatic heterocycles. The second kappa shape index (κ2) is 8.13. The molecule has 1 rings (SSSR count). The van der Waals surface area contributed by atoms with E-state index in [0.717, 1.165) is 18.4 Å². The van der Waals surface area contributed by atoms with E-state index in [0.29, 0.717) is 19.5 Å². The molecule has 0 atom stereocenters. The van der Waals surface area contributed by atoms with Gasteiger partial charge in [0.2, 0.25) is 5.91 Å². The van der Waals surface area contributed by atoms with E-state index >= 15 is 0 Å². The zero-order valence-electron chi connectivity index (χ0n) is 13.8. The van der Waals surface area contributed by atoms with Crippen LogP contribution < -0.4 is 5.73 Å². The molecule has 0 radical (unpaired) electrons. The van der Waals surface area contributed by atoms with Crippen LogP contribution in [0.25, 0.3) is 0 Å². The molecule has 0 fully saturated rings. The summed E-state index contributed by atoms with van der Waals surface area (Å²) in [5, 5.41) is 0. The molecule has 21 heavy (non-hydrogen) atoms. The van der Waals surface area contributed by atoms with Gasteiger partial charge in [-0.2, -0.15) is 0 Å². The number of carbonyl (C=O) groups is 1. The van der Waals surface area contributed by atoms with Crippen LogP contribution in [0, 0.1) is 5.41 Å². The van der Waals surface area contributed by atoms with Gasteiger partial charge in [0.05, 0.1) is 0 Å². The summed E-state index contributed by atoms with van der Waals surface area (Å²) in [5.41, 5.74) is 6.83. The number of rotatable bonds is 8. The fourth-order valence-corrected chi connectivity index (χ4v) is 2.35. The van der Waals surface area contributed by atoms with E-state index in [1.165, 1.54) is 0 Å². The Labute approximate surface area is 128 Å². The molecule has 0 saturated carbocycles. The molecule has 1 aromatic rings. The van der Waals surface area contributed by atoms with Crippen LogP contribution in [0.3, 0.4) is 0 Å². The second-order valence-electron chi connectivity index (χ2n) is 6.68. The number of pyridine rings is 1. The van der Waals surface area contributed by atoms with Gasteiger partial charge in [0.15, 0.2) is 0 Å². The molecule has 4 heteroatoms. The molecule has 0 saturated heterocycles. The minimum Gasteiger partial charge on any atom is -0.336 e. The Morgan fingerprint density at radius 2 is 2.10 bits per heavy atom. The van der Waals surface area contributed by atoms with E-state index < -0.39 is 0 Å². The van der Waals surface area contributed by atoms with Crippen LogP contribution in [0.15, 0.2) is 24.5 Å². The van der Waals surface area contributed by atoms with Crippen LogP contribution in [0.1, 0.15) is 52.5 Å². The summed E-state index contributed by atoms with van der Waals surface area (Å²) in [6, 6.07) is 4.10. The monoisotopic (exact) mass is 291 g/mol. The maximum atomic E-state index is 12.5. The van der Waals surface area contributed by atoms with Crippen molar-refractivity contribution in [2.24, 2.45) is 11.1 Å². The minimum atomic E-state index is 0.126. The first-order valence-electron chi connectivity index (χ1n) is 7.74. The van der Waals surface area contributed by atoms with E-state index in [1.807, 2.05) is 23.2 Å². The normalized spacial score (nSPS) is 11.7. The summed E-state index contributed by atoms with van der Waals surface area (Å²) in [6.07, 6.45) is 5.97. The summed E-state index contributed by atoms with van der Waals surface area (Å²) in [4.78, 5) is 18.6. The highest BCUT2D eigenvalue weighted by Crippen LogP contribution is 2.26. The number of nitrogens with two attached hydrogens (primary N) is 1. The first kappa shape index (κ1) is 17.6. The summed E-state index contributed by atoms with van der Waals surface area (Å²) >= 11 is 0. The van der Waals surface area contributed by atoms with Crippen molar-refractivity contribution in [1.82, 2.24) is 9.88 Å². The number of aromatic nitrogens is 1. The molecule has 2 N–H and O–H groups in total. The van der Waals surface area contributed by atoms with Crippen molar-refractivity contribution >= 4 is 5.91 Å². The molecule has 0 spiro atoms. The van der Waals surface area contributed by atoms with Gasteiger partial charge >= 0.3 is 0 Å². The molecule has 0 aliphatic rings. The van der Waals surface area contributed by atoms with Crippen molar-refractivity contribution in [3.05, 3.63) is 30.1 Å². The standard InChI is InChI=1S/C17H29N3O/c1-14(2)20(13-15-6-5-11-19-12-15)16(21)7-8-17(3,4)9-10-18/h5-6,11-12,14H,7-10,13,18H2,1-4H3. The summed E-state index contributed by atoms with van der Waals surface area (Å²) in [7, 11) is 0. The minimum absolute atomic E-state index is 0.126. The second-order valence-corrected chi connectivity index (χ2v) is 6.68. The van der Waals surface area contributed by atoms with Gasteiger partial charge in [-0.15, -0.1) is 0 Å². The van der Waals surface area contributed by atoms with E-state index in [-0.39, 0.29) is 17.4 Å². The number of hydrogen-bond donors (Lipinski definition) is 1. The average Bonchev–Trinajstić information content (AvgIpc) is 2.43. The summed E-state index contributed by atoms with van der Waals surface area (Å²) in [5.74, 6) is 0.207. The predicted octanol–water partition coefficient (Wildman–Crippen LogP) is 2.97. The third-order valence-corrected chi connectivity index (χ3v) is 3.86. The van der Waals surface area contributed by atoms with E-state index in [4.69, 9.17) is 5.73 Å². The van der Waals surface area contributed by atoms with E-state index in [1.54, 1.807) is 6.20 Å². The molecular weight excluding hydrogens is 262 g/mol. The zero-order chi connectivity index (χ0) is 15.9. The lowest BCUT2D eigenvalue weighted by molar-refractivity contribution is -0.134. The lowest BCUT2D eigenvalue weighted by Crippen LogP contribution is -2.37. The maximum Gasteiger partial charge on any atom is 0.223 e. The fraction of sp³-hybridized carbons (Fsp3) is 0.647. The first-order chi connectivity index (χ1) is 9.85. The SMILES string of the molecule is CC(C)N(Cc1cccnc1)C(=O)CCC(C)(C)CCN. The van der Waals surface area contributed by atoms with Crippen LogP contribution in [-0.2, 0) is 11.3 Å². The van der Waals surface area contributed by atoms with Crippen molar-refractivity contribution < 1.29 is 4.79 Å². The number of amides is 1. The molecule has 1 heterocycles. The summed E-state index contributed by atoms with van der Waals surface area (Å²) < 4.78 is 0. The van der Waals surface area contributed by atoms with Gasteiger partial charge in [-0.25, -0.2) is 0 Å². The van der Waals surface area contributed by atoms with Gasteiger partial charge in [-0.05, 0) is 50.3 Å². The molecule has 1 amide bonds. The highest BCUT2D eigenvalue weighted by atomic mass is 16.2. The van der Waals surface area contributed by atoms with Crippen LogP contribution in [0.5, 0.6) is 0 Å². The van der Waals surface area contributed by atoms with Gasteiger partial charge < -0.3 is 10.6 Å². The van der Waals surface area contributed by atoms with Gasteiger partial charge in [0.25, 0.3) is 0 Å². The Bertz CT molecular complexity index is 429. The van der Waals surface area contributed by atoms with Gasteiger partial charge in [0.1, 0.15) is 0 Å². The molecule has 0 aliphatic carbocycles. The molecular formula is C17H29N3O. The largest absolute Gasteiger partial charge is 0.336 e. The van der Waals surface area contributed by atoms with E-state index in [2.05, 4.69) is 32.7 Å². The van der Waals surface area contributed by atoms with E-state index in [9.17, 15) is 4.79 Å². The van der Waals surface area contributed by atoms with Crippen molar-refractivity contribution in [3.63, 3.8) is 0 Å². The molecule has 0 bridgehead atoms. The highest BCUT2D eigenvalue weighted by molar-refractivity contribution is 5.76. The van der Waals surface area contributed by atoms with Crippen molar-refractivity contribution in [2.75, 3.05) is 6.54 Å². The fourth-order valence-electron chi connectivity index (χ4n) is 2.35. The number of carbonyl (C=O) groups excluding carboxylic acids is 1. The molecule has 0 aliphatic heterocycles. The third-order valence-electron chi connectivity index (χ3n) is 3.86. The van der Waals surface area contributed by atoms with Gasteiger partial charge in [-0.3, -0.25) is 9.78 Å². The third kappa shape index (κ3) is 6.25. The lowest BCUT2D eigenvalue weighted by atomic mass is 9.84. The smallest absolute Gasteiger partial charge is 0.223 e. The Morgan fingerprint density at radius 1 is 1.38 bits per heavy atom. The zero-order valence-corrected chi connectivity index (χ0v) is 13.8. The molecule has 0 unspecified atom stereocenters.